The van der Waals surface area contributed by atoms with Gasteiger partial charge in [-0.15, -0.1) is 0 Å². The van der Waals surface area contributed by atoms with E-state index >= 15 is 0 Å². The van der Waals surface area contributed by atoms with Gasteiger partial charge in [-0.3, -0.25) is 4.79 Å². The lowest BCUT2D eigenvalue weighted by Gasteiger charge is -2.24. The zero-order valence-electron chi connectivity index (χ0n) is 12.0. The molecule has 108 valence electrons. The average molecular weight is 283 g/mol. The Morgan fingerprint density at radius 2 is 2.00 bits per heavy atom. The van der Waals surface area contributed by atoms with Gasteiger partial charge >= 0.3 is 0 Å². The summed E-state index contributed by atoms with van der Waals surface area (Å²) in [7, 11) is 1.49. The van der Waals surface area contributed by atoms with Crippen LogP contribution in [0.1, 0.15) is 22.8 Å². The molecule has 0 saturated heterocycles. The largest absolute Gasteiger partial charge is 0.507 e. The maximum Gasteiger partial charge on any atom is 0.266 e. The molecule has 0 spiro atoms. The highest BCUT2D eigenvalue weighted by Gasteiger charge is 2.33. The van der Waals surface area contributed by atoms with Crippen molar-refractivity contribution in [3.8, 4) is 11.5 Å². The number of benzene rings is 2. The number of phenols is 1. The van der Waals surface area contributed by atoms with E-state index in [1.165, 1.54) is 13.2 Å². The predicted molar refractivity (Wildman–Crippen MR) is 81.1 cm³/mol. The number of fused-ring (bicyclic) bond motifs is 1. The highest BCUT2D eigenvalue weighted by Crippen LogP contribution is 2.36. The molecule has 0 saturated carbocycles. The van der Waals surface area contributed by atoms with Crippen molar-refractivity contribution in [3.63, 3.8) is 0 Å². The van der Waals surface area contributed by atoms with Gasteiger partial charge in [-0.25, -0.2) is 0 Å². The molecule has 0 fully saturated rings. The van der Waals surface area contributed by atoms with E-state index in [1.54, 1.807) is 17.0 Å². The first-order valence-electron chi connectivity index (χ1n) is 6.91. The number of para-hydroxylation sites is 1. The summed E-state index contributed by atoms with van der Waals surface area (Å²) in [5, 5.41) is 10.1. The first-order chi connectivity index (χ1) is 10.1. The molecule has 0 aromatic heterocycles. The number of phenolic OH excluding ortho intramolecular Hbond substituents is 1. The van der Waals surface area contributed by atoms with Crippen LogP contribution >= 0.6 is 0 Å². The van der Waals surface area contributed by atoms with Gasteiger partial charge in [0.25, 0.3) is 5.91 Å². The second kappa shape index (κ2) is 5.13. The number of hydrogen-bond acceptors (Lipinski definition) is 3. The summed E-state index contributed by atoms with van der Waals surface area (Å²) < 4.78 is 5.22. The summed E-state index contributed by atoms with van der Waals surface area (Å²) in [5.74, 6) is 0.0925. The highest BCUT2D eigenvalue weighted by atomic mass is 16.5. The summed E-state index contributed by atoms with van der Waals surface area (Å²) in [6, 6.07) is 12.7. The fourth-order valence-electron chi connectivity index (χ4n) is 2.90. The number of carbonyl (C=O) groups excluding carboxylic acids is 1. The van der Waals surface area contributed by atoms with Crippen LogP contribution in [0, 0.1) is 0 Å². The number of aromatic hydroxyl groups is 1. The highest BCUT2D eigenvalue weighted by molar-refractivity contribution is 6.11. The van der Waals surface area contributed by atoms with Gasteiger partial charge in [0.15, 0.2) is 0 Å². The Morgan fingerprint density at radius 3 is 2.76 bits per heavy atom. The maximum absolute atomic E-state index is 12.9. The van der Waals surface area contributed by atoms with Crippen molar-refractivity contribution in [2.45, 2.75) is 19.4 Å². The summed E-state index contributed by atoms with van der Waals surface area (Å²) in [6.07, 6.45) is 0.817. The van der Waals surface area contributed by atoms with Crippen molar-refractivity contribution in [3.05, 3.63) is 53.6 Å². The molecule has 21 heavy (non-hydrogen) atoms. The number of nitrogens with zero attached hydrogens (tertiary/aromatic N) is 1. The molecule has 1 N–H and O–H groups in total. The standard InChI is InChI=1S/C17H17NO3/c1-11-10-12-6-3-4-7-13(12)18(11)17(20)16-14(19)8-5-9-15(16)21-2/h3-9,11,19H,10H2,1-2H3. The van der Waals surface area contributed by atoms with E-state index in [-0.39, 0.29) is 23.3 Å². The second-order valence-electron chi connectivity index (χ2n) is 5.21. The maximum atomic E-state index is 12.9. The third-order valence-electron chi connectivity index (χ3n) is 3.86. The molecule has 1 heterocycles. The summed E-state index contributed by atoms with van der Waals surface area (Å²) >= 11 is 0. The fourth-order valence-corrected chi connectivity index (χ4v) is 2.90. The quantitative estimate of drug-likeness (QED) is 0.921. The van der Waals surface area contributed by atoms with Crippen molar-refractivity contribution in [2.75, 3.05) is 12.0 Å². The van der Waals surface area contributed by atoms with Crippen LogP contribution in [0.2, 0.25) is 0 Å². The van der Waals surface area contributed by atoms with Crippen LogP contribution in [0.5, 0.6) is 11.5 Å². The second-order valence-corrected chi connectivity index (χ2v) is 5.21. The van der Waals surface area contributed by atoms with Gasteiger partial charge in [0, 0.05) is 11.7 Å². The Kier molecular flexibility index (Phi) is 3.29. The number of rotatable bonds is 2. The van der Waals surface area contributed by atoms with Crippen molar-refractivity contribution >= 4 is 11.6 Å². The summed E-state index contributed by atoms with van der Waals surface area (Å²) in [5.41, 5.74) is 2.26. The van der Waals surface area contributed by atoms with Crippen LogP contribution in [0.4, 0.5) is 5.69 Å². The van der Waals surface area contributed by atoms with Crippen molar-refractivity contribution in [1.82, 2.24) is 0 Å². The Bertz CT molecular complexity index is 696. The monoisotopic (exact) mass is 283 g/mol. The van der Waals surface area contributed by atoms with Crippen molar-refractivity contribution in [1.29, 1.82) is 0 Å². The molecule has 1 unspecified atom stereocenters. The van der Waals surface area contributed by atoms with E-state index in [1.807, 2.05) is 31.2 Å². The molecule has 1 atom stereocenters. The van der Waals surface area contributed by atoms with E-state index in [9.17, 15) is 9.90 Å². The number of ether oxygens (including phenoxy) is 1. The van der Waals surface area contributed by atoms with Crippen LogP contribution in [0.25, 0.3) is 0 Å². The number of anilines is 1. The van der Waals surface area contributed by atoms with Gasteiger partial charge < -0.3 is 14.7 Å². The molecule has 2 aromatic carbocycles. The van der Waals surface area contributed by atoms with Crippen LogP contribution in [0.3, 0.4) is 0 Å². The molecule has 0 aliphatic carbocycles. The zero-order valence-corrected chi connectivity index (χ0v) is 12.0. The molecule has 2 aromatic rings. The lowest BCUT2D eigenvalue weighted by molar-refractivity contribution is 0.0976. The van der Waals surface area contributed by atoms with E-state index < -0.39 is 0 Å². The van der Waals surface area contributed by atoms with Gasteiger partial charge in [0.1, 0.15) is 17.1 Å². The minimum absolute atomic E-state index is 0.0548. The average Bonchev–Trinajstić information content (AvgIpc) is 2.82. The zero-order chi connectivity index (χ0) is 15.0. The van der Waals surface area contributed by atoms with E-state index in [0.717, 1.165) is 17.7 Å². The SMILES string of the molecule is COc1cccc(O)c1C(=O)N1c2ccccc2CC1C. The number of hydrogen-bond donors (Lipinski definition) is 1. The Morgan fingerprint density at radius 1 is 1.24 bits per heavy atom. The Hall–Kier alpha value is -2.49. The molecular weight excluding hydrogens is 266 g/mol. The Labute approximate surface area is 123 Å². The molecule has 1 aliphatic rings. The van der Waals surface area contributed by atoms with Gasteiger partial charge in [-0.2, -0.15) is 0 Å². The number of carbonyl (C=O) groups is 1. The van der Waals surface area contributed by atoms with Crippen LogP contribution in [-0.4, -0.2) is 24.2 Å². The first-order valence-corrected chi connectivity index (χ1v) is 6.91. The number of methoxy groups -OCH3 is 1. The lowest BCUT2D eigenvalue weighted by atomic mass is 10.1. The molecular formula is C17H17NO3. The van der Waals surface area contributed by atoms with E-state index in [4.69, 9.17) is 4.74 Å². The van der Waals surface area contributed by atoms with Gasteiger partial charge in [0.05, 0.1) is 7.11 Å². The molecule has 0 bridgehead atoms. The predicted octanol–water partition coefficient (Wildman–Crippen LogP) is 2.99. The van der Waals surface area contributed by atoms with Crippen molar-refractivity contribution < 1.29 is 14.6 Å². The van der Waals surface area contributed by atoms with Gasteiger partial charge in [-0.05, 0) is 37.1 Å². The third-order valence-corrected chi connectivity index (χ3v) is 3.86. The molecule has 1 amide bonds. The van der Waals surface area contributed by atoms with Gasteiger partial charge in [0.2, 0.25) is 0 Å². The summed E-state index contributed by atoms with van der Waals surface area (Å²) in [4.78, 5) is 14.6. The van der Waals surface area contributed by atoms with E-state index in [0.29, 0.717) is 5.75 Å². The minimum atomic E-state index is -0.234. The normalized spacial score (nSPS) is 16.7. The van der Waals surface area contributed by atoms with Gasteiger partial charge in [-0.1, -0.05) is 24.3 Å². The molecule has 4 heteroatoms. The van der Waals surface area contributed by atoms with Crippen LogP contribution in [-0.2, 0) is 6.42 Å². The molecule has 1 aliphatic heterocycles. The molecule has 4 nitrogen and oxygen atoms in total. The minimum Gasteiger partial charge on any atom is -0.507 e. The van der Waals surface area contributed by atoms with E-state index in [2.05, 4.69) is 0 Å². The number of amides is 1. The third kappa shape index (κ3) is 2.13. The smallest absolute Gasteiger partial charge is 0.266 e. The summed E-state index contributed by atoms with van der Waals surface area (Å²) in [6.45, 7) is 2.00. The molecule has 3 rings (SSSR count). The Balaban J connectivity index is 2.08. The van der Waals surface area contributed by atoms with Crippen LogP contribution < -0.4 is 9.64 Å². The topological polar surface area (TPSA) is 49.8 Å². The first kappa shape index (κ1) is 13.5. The lowest BCUT2D eigenvalue weighted by Crippen LogP contribution is -2.36. The molecule has 0 radical (unpaired) electrons. The fraction of sp³-hybridized carbons (Fsp3) is 0.235. The van der Waals surface area contributed by atoms with Crippen LogP contribution in [0.15, 0.2) is 42.5 Å². The van der Waals surface area contributed by atoms with Crippen molar-refractivity contribution in [2.24, 2.45) is 0 Å².